The van der Waals surface area contributed by atoms with Gasteiger partial charge in [0.2, 0.25) is 0 Å². The third-order valence-corrected chi connectivity index (χ3v) is 4.32. The van der Waals surface area contributed by atoms with Crippen molar-refractivity contribution in [3.8, 4) is 0 Å². The first-order valence-corrected chi connectivity index (χ1v) is 7.36. The quantitative estimate of drug-likeness (QED) is 0.864. The highest BCUT2D eigenvalue weighted by Crippen LogP contribution is 2.36. The van der Waals surface area contributed by atoms with Crippen LogP contribution in [0, 0.1) is 5.41 Å². The second kappa shape index (κ2) is 6.36. The zero-order valence-electron chi connectivity index (χ0n) is 12.2. The summed E-state index contributed by atoms with van der Waals surface area (Å²) in [6.07, 6.45) is -0.234. The predicted molar refractivity (Wildman–Crippen MR) is 75.8 cm³/mol. The molecule has 2 N–H and O–H groups in total. The van der Waals surface area contributed by atoms with Crippen LogP contribution in [0.3, 0.4) is 0 Å². The van der Waals surface area contributed by atoms with Gasteiger partial charge in [0, 0.05) is 13.1 Å². The monoisotopic (exact) mass is 301 g/mol. The molecule has 1 saturated carbocycles. The first-order chi connectivity index (χ1) is 9.80. The van der Waals surface area contributed by atoms with Crippen LogP contribution < -0.4 is 5.32 Å². The third-order valence-electron chi connectivity index (χ3n) is 4.32. The van der Waals surface area contributed by atoms with Crippen LogP contribution >= 0.6 is 0 Å². The summed E-state index contributed by atoms with van der Waals surface area (Å²) in [5.41, 5.74) is 0.108. The molecule has 2 nitrogen and oxygen atoms in total. The lowest BCUT2D eigenvalue weighted by molar-refractivity contribution is -0.137. The Morgan fingerprint density at radius 1 is 1.19 bits per heavy atom. The summed E-state index contributed by atoms with van der Waals surface area (Å²) in [7, 11) is 0. The third kappa shape index (κ3) is 4.45. The standard InChI is InChI=1S/C16H22F3NO/c1-15(8-2-3-9-15)11-20-10-14(21)12-4-6-13(7-5-12)16(17,18)19/h4-7,14,20-21H,2-3,8-11H2,1H3. The summed E-state index contributed by atoms with van der Waals surface area (Å²) in [5.74, 6) is 0. The van der Waals surface area contributed by atoms with Crippen LogP contribution in [0.5, 0.6) is 0 Å². The molecule has 21 heavy (non-hydrogen) atoms. The molecule has 1 aliphatic rings. The van der Waals surface area contributed by atoms with E-state index in [0.717, 1.165) is 18.7 Å². The van der Waals surface area contributed by atoms with E-state index in [1.165, 1.54) is 37.8 Å². The van der Waals surface area contributed by atoms with Gasteiger partial charge >= 0.3 is 6.18 Å². The summed E-state index contributed by atoms with van der Waals surface area (Å²) in [6, 6.07) is 4.70. The van der Waals surface area contributed by atoms with Crippen LogP contribution in [0.1, 0.15) is 49.8 Å². The number of halogens is 3. The van der Waals surface area contributed by atoms with Crippen molar-refractivity contribution in [2.24, 2.45) is 5.41 Å². The fraction of sp³-hybridized carbons (Fsp3) is 0.625. The molecule has 0 saturated heterocycles. The van der Waals surface area contributed by atoms with Crippen LogP contribution in [-0.4, -0.2) is 18.2 Å². The summed E-state index contributed by atoms with van der Waals surface area (Å²) in [4.78, 5) is 0. The van der Waals surface area contributed by atoms with Gasteiger partial charge in [-0.05, 0) is 36.0 Å². The number of rotatable bonds is 5. The highest BCUT2D eigenvalue weighted by Gasteiger charge is 2.30. The minimum atomic E-state index is -4.33. The molecule has 0 spiro atoms. The Balaban J connectivity index is 1.84. The first kappa shape index (κ1) is 16.3. The SMILES string of the molecule is CC1(CNCC(O)c2ccc(C(F)(F)F)cc2)CCCC1. The van der Waals surface area contributed by atoms with Crippen LogP contribution in [-0.2, 0) is 6.18 Å². The van der Waals surface area contributed by atoms with Gasteiger partial charge in [-0.15, -0.1) is 0 Å². The summed E-state index contributed by atoms with van der Waals surface area (Å²) >= 11 is 0. The first-order valence-electron chi connectivity index (χ1n) is 7.36. The Kier molecular flexibility index (Phi) is 4.94. The lowest BCUT2D eigenvalue weighted by Gasteiger charge is -2.24. The minimum absolute atomic E-state index is 0.292. The van der Waals surface area contributed by atoms with Gasteiger partial charge in [-0.1, -0.05) is 31.9 Å². The Hall–Kier alpha value is -1.07. The average molecular weight is 301 g/mol. The Bertz CT molecular complexity index is 450. The Morgan fingerprint density at radius 2 is 1.76 bits per heavy atom. The van der Waals surface area contributed by atoms with Gasteiger partial charge in [-0.25, -0.2) is 0 Å². The fourth-order valence-corrected chi connectivity index (χ4v) is 2.93. The largest absolute Gasteiger partial charge is 0.416 e. The number of hydrogen-bond acceptors (Lipinski definition) is 2. The van der Waals surface area contributed by atoms with E-state index < -0.39 is 17.8 Å². The maximum absolute atomic E-state index is 12.5. The second-order valence-electron chi connectivity index (χ2n) is 6.28. The van der Waals surface area contributed by atoms with Gasteiger partial charge in [0.25, 0.3) is 0 Å². The van der Waals surface area contributed by atoms with Crippen LogP contribution in [0.4, 0.5) is 13.2 Å². The highest BCUT2D eigenvalue weighted by molar-refractivity contribution is 5.26. The smallest absolute Gasteiger partial charge is 0.387 e. The molecule has 0 heterocycles. The van der Waals surface area contributed by atoms with Crippen molar-refractivity contribution in [3.05, 3.63) is 35.4 Å². The van der Waals surface area contributed by atoms with Crippen LogP contribution in [0.15, 0.2) is 24.3 Å². The van der Waals surface area contributed by atoms with E-state index in [2.05, 4.69) is 12.2 Å². The maximum atomic E-state index is 12.5. The van der Waals surface area contributed by atoms with Gasteiger partial charge in [0.15, 0.2) is 0 Å². The molecule has 0 amide bonds. The van der Waals surface area contributed by atoms with E-state index in [1.807, 2.05) is 0 Å². The predicted octanol–water partition coefficient (Wildman–Crippen LogP) is 3.91. The molecular weight excluding hydrogens is 279 g/mol. The van der Waals surface area contributed by atoms with Crippen molar-refractivity contribution in [2.45, 2.75) is 44.9 Å². The molecule has 1 aromatic carbocycles. The molecule has 0 radical (unpaired) electrons. The molecule has 118 valence electrons. The van der Waals surface area contributed by atoms with E-state index in [9.17, 15) is 18.3 Å². The van der Waals surface area contributed by atoms with Gasteiger partial charge in [-0.2, -0.15) is 13.2 Å². The van der Waals surface area contributed by atoms with E-state index >= 15 is 0 Å². The number of alkyl halides is 3. The van der Waals surface area contributed by atoms with E-state index in [4.69, 9.17) is 0 Å². The second-order valence-corrected chi connectivity index (χ2v) is 6.28. The van der Waals surface area contributed by atoms with Crippen LogP contribution in [0.2, 0.25) is 0 Å². The molecule has 5 heteroatoms. The number of benzene rings is 1. The Morgan fingerprint density at radius 3 is 2.29 bits per heavy atom. The van der Waals surface area contributed by atoms with Gasteiger partial charge in [0.1, 0.15) is 0 Å². The normalized spacial score (nSPS) is 19.7. The molecule has 1 unspecified atom stereocenters. The number of aliphatic hydroxyl groups excluding tert-OH is 1. The molecule has 1 fully saturated rings. The number of aliphatic hydroxyl groups is 1. The number of hydrogen-bond donors (Lipinski definition) is 2. The van der Waals surface area contributed by atoms with E-state index in [-0.39, 0.29) is 0 Å². The van der Waals surface area contributed by atoms with Crippen molar-refractivity contribution in [1.82, 2.24) is 5.32 Å². The Labute approximate surface area is 123 Å². The summed E-state index contributed by atoms with van der Waals surface area (Å²) < 4.78 is 37.4. The maximum Gasteiger partial charge on any atom is 0.416 e. The molecule has 0 bridgehead atoms. The van der Waals surface area contributed by atoms with E-state index in [1.54, 1.807) is 0 Å². The minimum Gasteiger partial charge on any atom is -0.387 e. The molecular formula is C16H22F3NO. The summed E-state index contributed by atoms with van der Waals surface area (Å²) in [5, 5.41) is 13.3. The molecule has 1 aliphatic carbocycles. The van der Waals surface area contributed by atoms with Crippen molar-refractivity contribution in [3.63, 3.8) is 0 Å². The van der Waals surface area contributed by atoms with Crippen molar-refractivity contribution < 1.29 is 18.3 Å². The lowest BCUT2D eigenvalue weighted by Crippen LogP contribution is -2.32. The van der Waals surface area contributed by atoms with Gasteiger partial charge in [0.05, 0.1) is 11.7 Å². The molecule has 1 atom stereocenters. The highest BCUT2D eigenvalue weighted by atomic mass is 19.4. The zero-order chi connectivity index (χ0) is 15.5. The fourth-order valence-electron chi connectivity index (χ4n) is 2.93. The van der Waals surface area contributed by atoms with Gasteiger partial charge in [-0.3, -0.25) is 0 Å². The van der Waals surface area contributed by atoms with E-state index in [0.29, 0.717) is 17.5 Å². The van der Waals surface area contributed by atoms with Gasteiger partial charge < -0.3 is 10.4 Å². The van der Waals surface area contributed by atoms with Crippen molar-refractivity contribution in [1.29, 1.82) is 0 Å². The molecule has 2 rings (SSSR count). The topological polar surface area (TPSA) is 32.3 Å². The zero-order valence-corrected chi connectivity index (χ0v) is 12.2. The summed E-state index contributed by atoms with van der Waals surface area (Å²) in [6.45, 7) is 3.43. The van der Waals surface area contributed by atoms with Crippen molar-refractivity contribution in [2.75, 3.05) is 13.1 Å². The number of nitrogens with one attached hydrogen (secondary N) is 1. The molecule has 1 aromatic rings. The van der Waals surface area contributed by atoms with Crippen molar-refractivity contribution >= 4 is 0 Å². The average Bonchev–Trinajstić information content (AvgIpc) is 2.85. The lowest BCUT2D eigenvalue weighted by atomic mass is 9.89. The molecule has 0 aliphatic heterocycles. The molecule has 0 aromatic heterocycles. The van der Waals surface area contributed by atoms with Crippen LogP contribution in [0.25, 0.3) is 0 Å².